The highest BCUT2D eigenvalue weighted by molar-refractivity contribution is 6.20. The van der Waals surface area contributed by atoms with Crippen molar-refractivity contribution in [3.63, 3.8) is 0 Å². The monoisotopic (exact) mass is 402 g/mol. The van der Waals surface area contributed by atoms with Gasteiger partial charge in [0.2, 0.25) is 0 Å². The highest BCUT2D eigenvalue weighted by Crippen LogP contribution is 2.33. The van der Waals surface area contributed by atoms with Gasteiger partial charge in [-0.2, -0.15) is 0 Å². The topological polar surface area (TPSA) is 69.1 Å². The Balaban J connectivity index is 1.54. The van der Waals surface area contributed by atoms with Crippen LogP contribution in [-0.4, -0.2) is 34.6 Å². The quantitative estimate of drug-likeness (QED) is 0.700. The molecule has 1 aliphatic carbocycles. The number of rotatable bonds is 6. The maximum atomic E-state index is 13.0. The molecule has 0 spiro atoms. The van der Waals surface area contributed by atoms with Crippen LogP contribution in [0.5, 0.6) is 0 Å². The molecule has 1 aromatic carbocycles. The molecule has 1 fully saturated rings. The number of carbonyl (C=O) groups is 1. The van der Waals surface area contributed by atoms with Gasteiger partial charge in [0.1, 0.15) is 0 Å². The van der Waals surface area contributed by atoms with Gasteiger partial charge < -0.3 is 15.6 Å². The molecule has 1 aromatic heterocycles. The number of benzene rings is 1. The van der Waals surface area contributed by atoms with E-state index in [0.717, 1.165) is 48.2 Å². The van der Waals surface area contributed by atoms with E-state index in [9.17, 15) is 4.79 Å². The predicted octanol–water partition coefficient (Wildman–Crippen LogP) is 4.48. The second-order valence-corrected chi connectivity index (χ2v) is 8.51. The third-order valence-electron chi connectivity index (χ3n) is 6.35. The fourth-order valence-electron chi connectivity index (χ4n) is 4.68. The number of aryl methyl sites for hydroxylation is 1. The number of nitrogens with one attached hydrogen (secondary N) is 2. The average molecular weight is 403 g/mol. The molecule has 4 rings (SSSR count). The van der Waals surface area contributed by atoms with E-state index >= 15 is 0 Å². The lowest BCUT2D eigenvalue weighted by Crippen LogP contribution is -2.33. The molecule has 2 aliphatic rings. The van der Waals surface area contributed by atoms with Crippen LogP contribution in [0.1, 0.15) is 70.9 Å². The third-order valence-corrected chi connectivity index (χ3v) is 6.35. The van der Waals surface area contributed by atoms with E-state index < -0.39 is 0 Å². The van der Waals surface area contributed by atoms with Crippen LogP contribution in [0.2, 0.25) is 0 Å². The van der Waals surface area contributed by atoms with Gasteiger partial charge in [-0.25, -0.2) is 0 Å². The second kappa shape index (κ2) is 8.42. The van der Waals surface area contributed by atoms with Gasteiger partial charge >= 0.3 is 0 Å². The number of hydrogen-bond acceptors (Lipinski definition) is 4. The summed E-state index contributed by atoms with van der Waals surface area (Å²) in [5.41, 5.74) is 7.61. The number of carbonyl (C=O) groups excluding carboxylic acids is 1. The number of hydrogen-bond donors (Lipinski definition) is 2. The van der Waals surface area contributed by atoms with Crippen LogP contribution in [0, 0.1) is 12.3 Å². The highest BCUT2D eigenvalue weighted by Gasteiger charge is 2.34. The normalized spacial score (nSPS) is 16.8. The standard InChI is InChI=1S/C25H30N4O/c1-16-10-20-15-29(21-6-4-5-7-21)25(30)22(20)12-19(16)11-18-8-9-24(28-13-18)23(14-27-3)17(2)26/h8-10,12-14,21,26-27H,4-7,11,15H2,1-3H3/b23-14+,26-17?. The van der Waals surface area contributed by atoms with E-state index in [4.69, 9.17) is 5.41 Å². The van der Waals surface area contributed by atoms with Crippen LogP contribution in [0.4, 0.5) is 0 Å². The van der Waals surface area contributed by atoms with Gasteiger partial charge in [0.05, 0.1) is 5.69 Å². The van der Waals surface area contributed by atoms with Crippen LogP contribution >= 0.6 is 0 Å². The number of fused-ring (bicyclic) bond motifs is 1. The van der Waals surface area contributed by atoms with Crippen molar-refractivity contribution in [3.8, 4) is 0 Å². The van der Waals surface area contributed by atoms with Crippen molar-refractivity contribution in [1.82, 2.24) is 15.2 Å². The van der Waals surface area contributed by atoms with Gasteiger partial charge in [0, 0.05) is 48.9 Å². The zero-order chi connectivity index (χ0) is 21.3. The molecule has 156 valence electrons. The van der Waals surface area contributed by atoms with Gasteiger partial charge in [-0.15, -0.1) is 0 Å². The molecule has 30 heavy (non-hydrogen) atoms. The van der Waals surface area contributed by atoms with Crippen molar-refractivity contribution in [3.05, 3.63) is 70.2 Å². The molecule has 1 amide bonds. The van der Waals surface area contributed by atoms with Gasteiger partial charge in [-0.3, -0.25) is 9.78 Å². The van der Waals surface area contributed by atoms with Crippen molar-refractivity contribution in [2.75, 3.05) is 7.05 Å². The Bertz CT molecular complexity index is 1000. The Hall–Kier alpha value is -2.95. The summed E-state index contributed by atoms with van der Waals surface area (Å²) in [7, 11) is 1.82. The van der Waals surface area contributed by atoms with Crippen molar-refractivity contribution in [2.24, 2.45) is 0 Å². The first kappa shape index (κ1) is 20.3. The minimum Gasteiger partial charge on any atom is -0.393 e. The summed E-state index contributed by atoms with van der Waals surface area (Å²) in [6, 6.07) is 8.75. The van der Waals surface area contributed by atoms with Gasteiger partial charge in [0.25, 0.3) is 5.91 Å². The Kier molecular flexibility index (Phi) is 5.71. The largest absolute Gasteiger partial charge is 0.393 e. The van der Waals surface area contributed by atoms with Crippen LogP contribution < -0.4 is 5.32 Å². The summed E-state index contributed by atoms with van der Waals surface area (Å²) in [5, 5.41) is 10.9. The summed E-state index contributed by atoms with van der Waals surface area (Å²) in [5.74, 6) is 0.204. The van der Waals surface area contributed by atoms with E-state index in [-0.39, 0.29) is 5.91 Å². The first-order valence-corrected chi connectivity index (χ1v) is 10.8. The molecule has 1 aliphatic heterocycles. The number of pyridine rings is 1. The van der Waals surface area contributed by atoms with Gasteiger partial charge in [0.15, 0.2) is 0 Å². The highest BCUT2D eigenvalue weighted by atomic mass is 16.2. The molecule has 0 unspecified atom stereocenters. The maximum Gasteiger partial charge on any atom is 0.254 e. The van der Waals surface area contributed by atoms with Crippen molar-refractivity contribution in [1.29, 1.82) is 5.41 Å². The Morgan fingerprint density at radius 3 is 2.70 bits per heavy atom. The second-order valence-electron chi connectivity index (χ2n) is 8.51. The van der Waals surface area contributed by atoms with E-state index in [1.165, 1.54) is 29.5 Å². The fourth-order valence-corrected chi connectivity index (χ4v) is 4.68. The summed E-state index contributed by atoms with van der Waals surface area (Å²) in [6.07, 6.45) is 9.18. The van der Waals surface area contributed by atoms with Crippen LogP contribution in [-0.2, 0) is 13.0 Å². The molecular weight excluding hydrogens is 372 g/mol. The number of allylic oxidation sites excluding steroid dienone is 1. The third kappa shape index (κ3) is 3.89. The molecule has 0 bridgehead atoms. The Morgan fingerprint density at radius 1 is 1.30 bits per heavy atom. The SMILES string of the molecule is CN/C=C(\C(C)=N)c1ccc(Cc2cc3c(cc2C)CN(C2CCCC2)C3=O)cn1. The number of amides is 1. The average Bonchev–Trinajstić information content (AvgIpc) is 3.36. The van der Waals surface area contributed by atoms with Gasteiger partial charge in [-0.1, -0.05) is 25.0 Å². The lowest BCUT2D eigenvalue weighted by molar-refractivity contribution is 0.0707. The van der Waals surface area contributed by atoms with Gasteiger partial charge in [-0.05, 0) is 67.5 Å². The van der Waals surface area contributed by atoms with Crippen molar-refractivity contribution in [2.45, 2.75) is 58.5 Å². The van der Waals surface area contributed by atoms with Crippen LogP contribution in [0.15, 0.2) is 36.7 Å². The molecule has 5 nitrogen and oxygen atoms in total. The summed E-state index contributed by atoms with van der Waals surface area (Å²) in [4.78, 5) is 19.7. The molecule has 0 atom stereocenters. The first-order valence-electron chi connectivity index (χ1n) is 10.8. The lowest BCUT2D eigenvalue weighted by Gasteiger charge is -2.23. The van der Waals surface area contributed by atoms with Crippen LogP contribution in [0.25, 0.3) is 5.57 Å². The summed E-state index contributed by atoms with van der Waals surface area (Å²) in [6.45, 7) is 4.66. The lowest BCUT2D eigenvalue weighted by atomic mass is 9.96. The molecular formula is C25H30N4O. The van der Waals surface area contributed by atoms with Crippen LogP contribution in [0.3, 0.4) is 0 Å². The summed E-state index contributed by atoms with van der Waals surface area (Å²) >= 11 is 0. The Morgan fingerprint density at radius 2 is 2.07 bits per heavy atom. The number of nitrogens with zero attached hydrogens (tertiary/aromatic N) is 2. The molecule has 1 saturated carbocycles. The zero-order valence-corrected chi connectivity index (χ0v) is 18.1. The minimum absolute atomic E-state index is 0.204. The molecule has 0 radical (unpaired) electrons. The molecule has 5 heteroatoms. The Labute approximate surface area is 178 Å². The van der Waals surface area contributed by atoms with Crippen molar-refractivity contribution < 1.29 is 4.79 Å². The van der Waals surface area contributed by atoms with E-state index in [1.54, 1.807) is 13.1 Å². The van der Waals surface area contributed by atoms with E-state index in [1.807, 2.05) is 19.3 Å². The fraction of sp³-hybridized carbons (Fsp3) is 0.400. The zero-order valence-electron chi connectivity index (χ0n) is 18.1. The number of aromatic nitrogens is 1. The smallest absolute Gasteiger partial charge is 0.254 e. The molecule has 2 N–H and O–H groups in total. The predicted molar refractivity (Wildman–Crippen MR) is 121 cm³/mol. The van der Waals surface area contributed by atoms with Crippen molar-refractivity contribution >= 4 is 17.2 Å². The van der Waals surface area contributed by atoms with E-state index in [0.29, 0.717) is 11.8 Å². The minimum atomic E-state index is 0.204. The molecule has 0 saturated heterocycles. The van der Waals surface area contributed by atoms with E-state index in [2.05, 4.69) is 40.3 Å². The summed E-state index contributed by atoms with van der Waals surface area (Å²) < 4.78 is 0. The molecule has 2 heterocycles. The maximum absolute atomic E-state index is 13.0. The first-order chi connectivity index (χ1) is 14.5. The molecule has 2 aromatic rings.